The lowest BCUT2D eigenvalue weighted by Gasteiger charge is -2.22. The first-order valence-corrected chi connectivity index (χ1v) is 18.2. The van der Waals surface area contributed by atoms with Gasteiger partial charge in [-0.15, -0.1) is 18.3 Å². The van der Waals surface area contributed by atoms with Gasteiger partial charge in [-0.25, -0.2) is 15.0 Å². The summed E-state index contributed by atoms with van der Waals surface area (Å²) in [5.41, 5.74) is 10.5. The lowest BCUT2D eigenvalue weighted by Crippen LogP contribution is -2.10. The van der Waals surface area contributed by atoms with Crippen molar-refractivity contribution in [3.63, 3.8) is 0 Å². The van der Waals surface area contributed by atoms with E-state index in [2.05, 4.69) is 109 Å². The second-order valence-corrected chi connectivity index (χ2v) is 14.3. The van der Waals surface area contributed by atoms with Crippen LogP contribution < -0.4 is 0 Å². The molecule has 4 heterocycles. The Morgan fingerprint density at radius 1 is 0.627 bits per heavy atom. The highest BCUT2D eigenvalue weighted by molar-refractivity contribution is 8.00. The minimum atomic E-state index is 0.109. The third-order valence-corrected chi connectivity index (χ3v) is 11.6. The van der Waals surface area contributed by atoms with Gasteiger partial charge in [0.25, 0.3) is 0 Å². The highest BCUT2D eigenvalue weighted by Gasteiger charge is 2.38. The van der Waals surface area contributed by atoms with Crippen LogP contribution in [-0.4, -0.2) is 24.6 Å². The molecule has 51 heavy (non-hydrogen) atoms. The maximum atomic E-state index is 5.04. The monoisotopic (exact) mass is 672 g/mol. The fourth-order valence-electron chi connectivity index (χ4n) is 8.12. The standard InChI is InChI=1S/C46H32N4S/c1-3-32(30-20-15-21-31(26-30)46-48-44(28-16-7-5-8-17-28)47-45(49-46)29-18-9-6-10-19-29)40-38(4-2)51-39-27-35-33-22-11-13-24-36(33)50-37-25-14-12-23-34(37)41(42(39)40)43(35)50/h3-27,38,40H,2H2,1H3/b32-3-. The highest BCUT2D eigenvalue weighted by Crippen LogP contribution is 2.57. The highest BCUT2D eigenvalue weighted by atomic mass is 32.2. The van der Waals surface area contributed by atoms with E-state index in [0.29, 0.717) is 17.5 Å². The molecule has 0 aliphatic carbocycles. The van der Waals surface area contributed by atoms with Crippen molar-refractivity contribution in [1.29, 1.82) is 0 Å². The fourth-order valence-corrected chi connectivity index (χ4v) is 9.47. The summed E-state index contributed by atoms with van der Waals surface area (Å²) in [6.45, 7) is 6.53. The van der Waals surface area contributed by atoms with Crippen molar-refractivity contribution in [3.8, 4) is 34.2 Å². The van der Waals surface area contributed by atoms with Crippen LogP contribution in [0.5, 0.6) is 0 Å². The first-order chi connectivity index (χ1) is 25.2. The van der Waals surface area contributed by atoms with Gasteiger partial charge in [0.05, 0.1) is 16.6 Å². The number of hydrogen-bond donors (Lipinski definition) is 0. The fraction of sp³-hybridized carbons (Fsp3) is 0.0652. The quantitative estimate of drug-likeness (QED) is 0.165. The predicted octanol–water partition coefficient (Wildman–Crippen LogP) is 11.9. The lowest BCUT2D eigenvalue weighted by atomic mass is 9.81. The SMILES string of the molecule is C=CC1Sc2cc3c4ccccc4n4c5ccccc5c(c2C1/C(=C\C)c1cccc(-c2nc(-c5ccccc5)nc(-c5ccccc5)n2)c1)c34. The van der Waals surface area contributed by atoms with Gasteiger partial charge in [-0.3, -0.25) is 0 Å². The summed E-state index contributed by atoms with van der Waals surface area (Å²) in [4.78, 5) is 16.3. The smallest absolute Gasteiger partial charge is 0.164 e. The zero-order chi connectivity index (χ0) is 34.1. The van der Waals surface area contributed by atoms with Gasteiger partial charge in [0, 0.05) is 54.3 Å². The van der Waals surface area contributed by atoms with Crippen LogP contribution in [0.15, 0.2) is 163 Å². The van der Waals surface area contributed by atoms with E-state index < -0.39 is 0 Å². The van der Waals surface area contributed by atoms with Crippen molar-refractivity contribution >= 4 is 55.4 Å². The van der Waals surface area contributed by atoms with Crippen molar-refractivity contribution in [2.45, 2.75) is 23.0 Å². The molecule has 0 amide bonds. The van der Waals surface area contributed by atoms with Crippen LogP contribution in [0, 0.1) is 0 Å². The molecule has 0 N–H and O–H groups in total. The van der Waals surface area contributed by atoms with Crippen LogP contribution >= 0.6 is 11.8 Å². The second kappa shape index (κ2) is 11.8. The zero-order valence-corrected chi connectivity index (χ0v) is 28.8. The maximum absolute atomic E-state index is 5.04. The van der Waals surface area contributed by atoms with Crippen LogP contribution in [-0.2, 0) is 0 Å². The van der Waals surface area contributed by atoms with Crippen LogP contribution in [0.4, 0.5) is 0 Å². The number of nitrogens with zero attached hydrogens (tertiary/aromatic N) is 4. The maximum Gasteiger partial charge on any atom is 0.164 e. The van der Waals surface area contributed by atoms with Crippen molar-refractivity contribution in [1.82, 2.24) is 19.4 Å². The van der Waals surface area contributed by atoms with E-state index in [1.54, 1.807) is 0 Å². The largest absolute Gasteiger partial charge is 0.308 e. The molecule has 2 atom stereocenters. The molecular formula is C46H32N4S. The van der Waals surface area contributed by atoms with Crippen molar-refractivity contribution in [3.05, 3.63) is 169 Å². The van der Waals surface area contributed by atoms with Gasteiger partial charge in [-0.1, -0.05) is 127 Å². The average Bonchev–Trinajstić information content (AvgIpc) is 3.85. The van der Waals surface area contributed by atoms with E-state index in [1.165, 1.54) is 54.1 Å². The van der Waals surface area contributed by atoms with Crippen molar-refractivity contribution < 1.29 is 0 Å². The Labute approximate surface area is 300 Å². The Morgan fingerprint density at radius 2 is 1.20 bits per heavy atom. The van der Waals surface area contributed by atoms with Crippen molar-refractivity contribution in [2.75, 3.05) is 0 Å². The average molecular weight is 673 g/mol. The minimum Gasteiger partial charge on any atom is -0.308 e. The predicted molar refractivity (Wildman–Crippen MR) is 213 cm³/mol. The Hall–Kier alpha value is -6.04. The van der Waals surface area contributed by atoms with Crippen LogP contribution in [0.25, 0.3) is 77.8 Å². The molecule has 10 rings (SSSR count). The zero-order valence-electron chi connectivity index (χ0n) is 28.0. The summed E-state index contributed by atoms with van der Waals surface area (Å²) < 4.78 is 2.48. The first-order valence-electron chi connectivity index (χ1n) is 17.3. The molecular weight excluding hydrogens is 641 g/mol. The van der Waals surface area contributed by atoms with Crippen LogP contribution in [0.2, 0.25) is 0 Å². The molecule has 1 aliphatic heterocycles. The third-order valence-electron chi connectivity index (χ3n) is 10.3. The first kappa shape index (κ1) is 29.8. The molecule has 2 unspecified atom stereocenters. The van der Waals surface area contributed by atoms with E-state index in [9.17, 15) is 0 Å². The lowest BCUT2D eigenvalue weighted by molar-refractivity contribution is 0.921. The number of para-hydroxylation sites is 2. The Bertz CT molecular complexity index is 2760. The molecule has 0 saturated heterocycles. The van der Waals surface area contributed by atoms with E-state index in [1.807, 2.05) is 72.4 Å². The summed E-state index contributed by atoms with van der Waals surface area (Å²) in [6, 6.07) is 49.1. The summed E-state index contributed by atoms with van der Waals surface area (Å²) in [5, 5.41) is 5.44. The molecule has 0 fully saturated rings. The molecule has 0 spiro atoms. The van der Waals surface area contributed by atoms with Gasteiger partial charge in [0.1, 0.15) is 0 Å². The normalized spacial score (nSPS) is 16.1. The number of benzene rings is 6. The molecule has 0 saturated carbocycles. The van der Waals surface area contributed by atoms with E-state index in [-0.39, 0.29) is 11.2 Å². The summed E-state index contributed by atoms with van der Waals surface area (Å²) in [5.74, 6) is 2.08. The molecule has 5 heteroatoms. The van der Waals surface area contributed by atoms with Gasteiger partial charge in [-0.05, 0) is 47.9 Å². The summed E-state index contributed by atoms with van der Waals surface area (Å²) in [6.07, 6.45) is 4.43. The van der Waals surface area contributed by atoms with E-state index >= 15 is 0 Å². The van der Waals surface area contributed by atoms with Gasteiger partial charge in [0.2, 0.25) is 0 Å². The number of fused-ring (bicyclic) bond motifs is 8. The molecule has 242 valence electrons. The molecule has 9 aromatic rings. The Kier molecular flexibility index (Phi) is 6.90. The number of allylic oxidation sites excluding steroid dienone is 2. The van der Waals surface area contributed by atoms with Crippen LogP contribution in [0.1, 0.15) is 24.0 Å². The minimum absolute atomic E-state index is 0.109. The Morgan fingerprint density at radius 3 is 1.84 bits per heavy atom. The van der Waals surface area contributed by atoms with E-state index in [0.717, 1.165) is 22.3 Å². The topological polar surface area (TPSA) is 43.1 Å². The molecule has 0 bridgehead atoms. The van der Waals surface area contributed by atoms with Gasteiger partial charge in [0.15, 0.2) is 17.5 Å². The van der Waals surface area contributed by atoms with Gasteiger partial charge >= 0.3 is 0 Å². The van der Waals surface area contributed by atoms with Crippen molar-refractivity contribution in [2.24, 2.45) is 0 Å². The van der Waals surface area contributed by atoms with Crippen LogP contribution in [0.3, 0.4) is 0 Å². The number of aromatic nitrogens is 4. The number of thioether (sulfide) groups is 1. The molecule has 4 nitrogen and oxygen atoms in total. The van der Waals surface area contributed by atoms with E-state index in [4.69, 9.17) is 15.0 Å². The van der Waals surface area contributed by atoms with Gasteiger partial charge in [-0.2, -0.15) is 0 Å². The number of hydrogen-bond acceptors (Lipinski definition) is 4. The molecule has 1 aliphatic rings. The molecule has 3 aromatic heterocycles. The summed E-state index contributed by atoms with van der Waals surface area (Å²) in [7, 11) is 0. The summed E-state index contributed by atoms with van der Waals surface area (Å²) >= 11 is 1.94. The second-order valence-electron chi connectivity index (χ2n) is 13.1. The molecule has 0 radical (unpaired) electrons. The number of rotatable bonds is 6. The Balaban J connectivity index is 1.16. The molecule has 6 aromatic carbocycles. The van der Waals surface area contributed by atoms with Gasteiger partial charge < -0.3 is 4.40 Å². The third kappa shape index (κ3) is 4.58.